The van der Waals surface area contributed by atoms with E-state index in [2.05, 4.69) is 30.4 Å². The Morgan fingerprint density at radius 2 is 1.71 bits per heavy atom. The normalized spacial score (nSPS) is 16.2. The molecule has 2 aromatic carbocycles. The molecule has 4 heterocycles. The molecule has 0 bridgehead atoms. The molecule has 2 aromatic heterocycles. The van der Waals surface area contributed by atoms with Crippen molar-refractivity contribution in [2.75, 3.05) is 54.9 Å². The summed E-state index contributed by atoms with van der Waals surface area (Å²) in [7, 11) is 0. The number of likely N-dealkylation sites (tertiary alicyclic amines) is 1. The molecule has 2 N–H and O–H groups in total. The number of fused-ring (bicyclic) bond motifs is 1. The molecule has 0 amide bonds. The first-order valence-electron chi connectivity index (χ1n) is 14.3. The summed E-state index contributed by atoms with van der Waals surface area (Å²) in [6.45, 7) is 7.59. The summed E-state index contributed by atoms with van der Waals surface area (Å²) >= 11 is 0. The third-order valence-electron chi connectivity index (χ3n) is 7.78. The first kappa shape index (κ1) is 28.2. The summed E-state index contributed by atoms with van der Waals surface area (Å²) in [5.74, 6) is 1.44. The molecule has 2 saturated heterocycles. The van der Waals surface area contributed by atoms with Crippen molar-refractivity contribution in [2.45, 2.75) is 39.0 Å². The summed E-state index contributed by atoms with van der Waals surface area (Å²) in [5, 5.41) is 6.65. The molecule has 8 nitrogen and oxygen atoms in total. The minimum atomic E-state index is -4.41. The zero-order chi connectivity index (χ0) is 29.1. The number of nitrogens with one attached hydrogen (secondary N) is 2. The van der Waals surface area contributed by atoms with Crippen LogP contribution in [-0.4, -0.2) is 59.2 Å². The van der Waals surface area contributed by atoms with Crippen molar-refractivity contribution in [3.63, 3.8) is 0 Å². The molecule has 0 unspecified atom stereocenters. The van der Waals surface area contributed by atoms with E-state index in [0.29, 0.717) is 48.9 Å². The number of aromatic nitrogens is 3. The SMILES string of the molecule is Cc1ccc(CNc2cc(CN3CCCC3)cc(C(F)(F)F)c2)cc1Nc1ncnc2ccc(N3CCOCC3)nc12. The number of aryl methyl sites for hydroxylation is 1. The lowest BCUT2D eigenvalue weighted by atomic mass is 10.1. The average Bonchev–Trinajstić information content (AvgIpc) is 3.50. The fraction of sp³-hybridized carbons (Fsp3) is 0.387. The molecule has 220 valence electrons. The number of alkyl halides is 3. The van der Waals surface area contributed by atoms with Gasteiger partial charge in [-0.1, -0.05) is 12.1 Å². The second kappa shape index (κ2) is 12.1. The van der Waals surface area contributed by atoms with Crippen molar-refractivity contribution < 1.29 is 17.9 Å². The fourth-order valence-corrected chi connectivity index (χ4v) is 5.48. The van der Waals surface area contributed by atoms with Crippen LogP contribution in [0.5, 0.6) is 0 Å². The van der Waals surface area contributed by atoms with Gasteiger partial charge in [0.15, 0.2) is 5.82 Å². The molecule has 4 aromatic rings. The lowest BCUT2D eigenvalue weighted by Crippen LogP contribution is -2.36. The first-order valence-corrected chi connectivity index (χ1v) is 14.3. The van der Waals surface area contributed by atoms with Gasteiger partial charge >= 0.3 is 6.18 Å². The van der Waals surface area contributed by atoms with Crippen molar-refractivity contribution in [1.29, 1.82) is 0 Å². The van der Waals surface area contributed by atoms with Gasteiger partial charge in [-0.3, -0.25) is 4.90 Å². The van der Waals surface area contributed by atoms with Crippen molar-refractivity contribution in [3.05, 3.63) is 77.1 Å². The van der Waals surface area contributed by atoms with Gasteiger partial charge in [0.2, 0.25) is 0 Å². The summed E-state index contributed by atoms with van der Waals surface area (Å²) in [6.07, 6.45) is -0.725. The van der Waals surface area contributed by atoms with Gasteiger partial charge in [-0.15, -0.1) is 0 Å². The topological polar surface area (TPSA) is 78.4 Å². The maximum Gasteiger partial charge on any atom is 0.416 e. The van der Waals surface area contributed by atoms with Gasteiger partial charge < -0.3 is 20.3 Å². The van der Waals surface area contributed by atoms with Crippen molar-refractivity contribution >= 4 is 34.0 Å². The van der Waals surface area contributed by atoms with Crippen LogP contribution in [-0.2, 0) is 24.0 Å². The average molecular weight is 578 g/mol. The Kier molecular flexibility index (Phi) is 8.12. The number of pyridine rings is 1. The van der Waals surface area contributed by atoms with E-state index in [1.165, 1.54) is 18.5 Å². The Morgan fingerprint density at radius 3 is 2.50 bits per heavy atom. The second-order valence-corrected chi connectivity index (χ2v) is 10.9. The number of morpholine rings is 1. The van der Waals surface area contributed by atoms with Crippen molar-refractivity contribution in [2.24, 2.45) is 0 Å². The quantitative estimate of drug-likeness (QED) is 0.259. The highest BCUT2D eigenvalue weighted by molar-refractivity contribution is 5.88. The van der Waals surface area contributed by atoms with E-state index < -0.39 is 11.7 Å². The van der Waals surface area contributed by atoms with Gasteiger partial charge in [-0.05, 0) is 85.9 Å². The predicted molar refractivity (Wildman–Crippen MR) is 158 cm³/mol. The molecule has 0 radical (unpaired) electrons. The highest BCUT2D eigenvalue weighted by atomic mass is 19.4. The molecular formula is C31H34F3N7O. The van der Waals surface area contributed by atoms with E-state index in [4.69, 9.17) is 9.72 Å². The van der Waals surface area contributed by atoms with Crippen molar-refractivity contribution in [1.82, 2.24) is 19.9 Å². The number of hydrogen-bond acceptors (Lipinski definition) is 8. The monoisotopic (exact) mass is 577 g/mol. The van der Waals surface area contributed by atoms with Crippen molar-refractivity contribution in [3.8, 4) is 0 Å². The molecule has 2 aliphatic rings. The standard InChI is InChI=1S/C31H34F3N7O/c1-21-4-5-22(18-35-25-15-23(19-40-8-2-3-9-40)14-24(17-25)31(32,33)34)16-27(21)38-30-29-26(36-20-37-30)6-7-28(39-29)41-10-12-42-13-11-41/h4-7,14-17,20,35H,2-3,8-13,18-19H2,1H3,(H,36,37,38). The number of anilines is 4. The molecular weight excluding hydrogens is 543 g/mol. The first-order chi connectivity index (χ1) is 20.3. The maximum atomic E-state index is 13.7. The lowest BCUT2D eigenvalue weighted by Gasteiger charge is -2.28. The van der Waals surface area contributed by atoms with Crippen LogP contribution in [0.15, 0.2) is 54.9 Å². The zero-order valence-corrected chi connectivity index (χ0v) is 23.5. The molecule has 6 rings (SSSR count). The smallest absolute Gasteiger partial charge is 0.381 e. The largest absolute Gasteiger partial charge is 0.416 e. The van der Waals surface area contributed by atoms with E-state index in [0.717, 1.165) is 67.2 Å². The molecule has 42 heavy (non-hydrogen) atoms. The Morgan fingerprint density at radius 1 is 0.905 bits per heavy atom. The third-order valence-corrected chi connectivity index (χ3v) is 7.78. The van der Waals surface area contributed by atoms with Crippen LogP contribution >= 0.6 is 0 Å². The van der Waals surface area contributed by atoms with Crippen LogP contribution in [0.2, 0.25) is 0 Å². The molecule has 11 heteroatoms. The van der Waals surface area contributed by atoms with E-state index in [1.54, 1.807) is 0 Å². The van der Waals surface area contributed by atoms with Gasteiger partial charge in [0.25, 0.3) is 0 Å². The summed E-state index contributed by atoms with van der Waals surface area (Å²) in [5.41, 5.74) is 4.65. The number of rotatable bonds is 8. The fourth-order valence-electron chi connectivity index (χ4n) is 5.48. The molecule has 0 aliphatic carbocycles. The summed E-state index contributed by atoms with van der Waals surface area (Å²) < 4.78 is 46.6. The number of benzene rings is 2. The third kappa shape index (κ3) is 6.57. The number of hydrogen-bond donors (Lipinski definition) is 2. The van der Waals surface area contributed by atoms with E-state index >= 15 is 0 Å². The minimum Gasteiger partial charge on any atom is -0.381 e. The summed E-state index contributed by atoms with van der Waals surface area (Å²) in [4.78, 5) is 18.1. The van der Waals surface area contributed by atoms with E-state index in [1.807, 2.05) is 43.3 Å². The van der Waals surface area contributed by atoms with Gasteiger partial charge in [-0.25, -0.2) is 15.0 Å². The zero-order valence-electron chi connectivity index (χ0n) is 23.5. The minimum absolute atomic E-state index is 0.364. The molecule has 0 saturated carbocycles. The van der Waals surface area contributed by atoms with Crippen LogP contribution in [0, 0.1) is 6.92 Å². The Bertz CT molecular complexity index is 1550. The highest BCUT2D eigenvalue weighted by Crippen LogP contribution is 2.33. The van der Waals surface area contributed by atoms with Gasteiger partial charge in [0.1, 0.15) is 17.7 Å². The Labute approximate surface area is 242 Å². The van der Waals surface area contributed by atoms with Crippen LogP contribution in [0.4, 0.5) is 36.2 Å². The number of ether oxygens (including phenoxy) is 1. The maximum absolute atomic E-state index is 13.7. The number of halogens is 3. The van der Waals surface area contributed by atoms with Crippen LogP contribution in [0.1, 0.15) is 35.1 Å². The van der Waals surface area contributed by atoms with E-state index in [9.17, 15) is 13.2 Å². The van der Waals surface area contributed by atoms with Crippen LogP contribution in [0.3, 0.4) is 0 Å². The van der Waals surface area contributed by atoms with Crippen LogP contribution < -0.4 is 15.5 Å². The lowest BCUT2D eigenvalue weighted by molar-refractivity contribution is -0.137. The molecule has 2 aliphatic heterocycles. The van der Waals surface area contributed by atoms with Gasteiger partial charge in [0.05, 0.1) is 24.3 Å². The van der Waals surface area contributed by atoms with E-state index in [-0.39, 0.29) is 0 Å². The van der Waals surface area contributed by atoms with Gasteiger partial charge in [0, 0.05) is 37.6 Å². The Balaban J connectivity index is 1.21. The molecule has 2 fully saturated rings. The highest BCUT2D eigenvalue weighted by Gasteiger charge is 2.31. The molecule has 0 atom stereocenters. The van der Waals surface area contributed by atoms with Crippen LogP contribution in [0.25, 0.3) is 11.0 Å². The molecule has 0 spiro atoms. The predicted octanol–water partition coefficient (Wildman–Crippen LogP) is 6.14. The second-order valence-electron chi connectivity index (χ2n) is 10.9. The Hall–Kier alpha value is -3.96. The summed E-state index contributed by atoms with van der Waals surface area (Å²) in [6, 6.07) is 14.1. The van der Waals surface area contributed by atoms with Gasteiger partial charge in [-0.2, -0.15) is 13.2 Å². The number of nitrogens with zero attached hydrogens (tertiary/aromatic N) is 5.